The Bertz CT molecular complexity index is 766. The summed E-state index contributed by atoms with van der Waals surface area (Å²) in [5, 5.41) is 4.19. The van der Waals surface area contributed by atoms with Crippen LogP contribution in [0.2, 0.25) is 0 Å². The summed E-state index contributed by atoms with van der Waals surface area (Å²) in [7, 11) is 0. The summed E-state index contributed by atoms with van der Waals surface area (Å²) < 4.78 is 0.933. The molecule has 3 nitrogen and oxygen atoms in total. The van der Waals surface area contributed by atoms with Gasteiger partial charge in [-0.1, -0.05) is 48.2 Å². The van der Waals surface area contributed by atoms with E-state index in [2.05, 4.69) is 23.2 Å². The first-order chi connectivity index (χ1) is 10.8. The predicted octanol–water partition coefficient (Wildman–Crippen LogP) is 4.44. The van der Waals surface area contributed by atoms with Crippen molar-refractivity contribution in [2.75, 3.05) is 17.2 Å². The average molecular weight is 328 g/mol. The van der Waals surface area contributed by atoms with Crippen molar-refractivity contribution in [1.82, 2.24) is 4.98 Å². The van der Waals surface area contributed by atoms with Crippen LogP contribution in [0, 0.1) is 0 Å². The van der Waals surface area contributed by atoms with Crippen LogP contribution >= 0.6 is 23.1 Å². The van der Waals surface area contributed by atoms with Gasteiger partial charge in [-0.3, -0.25) is 4.79 Å². The van der Waals surface area contributed by atoms with Crippen LogP contribution in [0.3, 0.4) is 0 Å². The molecule has 0 spiro atoms. The molecule has 0 unspecified atom stereocenters. The molecule has 0 aliphatic heterocycles. The van der Waals surface area contributed by atoms with E-state index in [-0.39, 0.29) is 5.91 Å². The third kappa shape index (κ3) is 3.15. The maximum Gasteiger partial charge on any atom is 0.237 e. The molecular formula is C17H16N2OS2. The Morgan fingerprint density at radius 2 is 2.05 bits per heavy atom. The molecule has 0 saturated heterocycles. The van der Waals surface area contributed by atoms with Crippen LogP contribution in [0.25, 0.3) is 10.8 Å². The van der Waals surface area contributed by atoms with Gasteiger partial charge in [-0.15, -0.1) is 11.3 Å². The third-order valence-corrected chi connectivity index (χ3v) is 5.35. The molecule has 0 atom stereocenters. The highest BCUT2D eigenvalue weighted by Crippen LogP contribution is 2.28. The lowest BCUT2D eigenvalue weighted by Crippen LogP contribution is -2.32. The van der Waals surface area contributed by atoms with Crippen LogP contribution in [-0.4, -0.2) is 23.2 Å². The van der Waals surface area contributed by atoms with Crippen molar-refractivity contribution in [2.24, 2.45) is 0 Å². The maximum atomic E-state index is 12.6. The minimum Gasteiger partial charge on any atom is -0.311 e. The Kier molecular flexibility index (Phi) is 4.75. The minimum atomic E-state index is 0.110. The summed E-state index contributed by atoms with van der Waals surface area (Å²) in [4.78, 5) is 18.7. The fourth-order valence-electron chi connectivity index (χ4n) is 2.41. The first-order valence-electron chi connectivity index (χ1n) is 7.10. The number of aromatic nitrogens is 1. The smallest absolute Gasteiger partial charge is 0.237 e. The van der Waals surface area contributed by atoms with Gasteiger partial charge in [0.1, 0.15) is 4.34 Å². The van der Waals surface area contributed by atoms with E-state index in [1.807, 2.05) is 41.5 Å². The standard InChI is InChI=1S/C17H16N2OS2/c1-2-19(16(20)12-22-17-18-10-11-21-17)15-9-5-7-13-6-3-4-8-14(13)15/h3-11H,2,12H2,1H3. The fraction of sp³-hybridized carbons (Fsp3) is 0.176. The van der Waals surface area contributed by atoms with E-state index in [0.717, 1.165) is 20.8 Å². The summed E-state index contributed by atoms with van der Waals surface area (Å²) in [6.45, 7) is 2.67. The van der Waals surface area contributed by atoms with Crippen molar-refractivity contribution >= 4 is 45.5 Å². The highest BCUT2D eigenvalue weighted by molar-refractivity contribution is 8.01. The highest BCUT2D eigenvalue weighted by atomic mass is 32.2. The maximum absolute atomic E-state index is 12.6. The Balaban J connectivity index is 1.84. The lowest BCUT2D eigenvalue weighted by molar-refractivity contribution is -0.116. The fourth-order valence-corrected chi connectivity index (χ4v) is 3.92. The number of carbonyl (C=O) groups excluding carboxylic acids is 1. The number of thioether (sulfide) groups is 1. The molecule has 0 bridgehead atoms. The molecule has 2 aromatic carbocycles. The summed E-state index contributed by atoms with van der Waals surface area (Å²) in [5.74, 6) is 0.518. The number of hydrogen-bond donors (Lipinski definition) is 0. The van der Waals surface area contributed by atoms with Gasteiger partial charge in [0.05, 0.1) is 11.4 Å². The molecule has 5 heteroatoms. The Hall–Kier alpha value is -1.85. The molecule has 1 amide bonds. The monoisotopic (exact) mass is 328 g/mol. The number of anilines is 1. The van der Waals surface area contributed by atoms with Crippen LogP contribution in [-0.2, 0) is 4.79 Å². The van der Waals surface area contributed by atoms with E-state index in [9.17, 15) is 4.79 Å². The average Bonchev–Trinajstić information content (AvgIpc) is 3.07. The van der Waals surface area contributed by atoms with Gasteiger partial charge in [-0.2, -0.15) is 0 Å². The Morgan fingerprint density at radius 3 is 2.82 bits per heavy atom. The highest BCUT2D eigenvalue weighted by Gasteiger charge is 2.16. The van der Waals surface area contributed by atoms with Gasteiger partial charge in [0.15, 0.2) is 0 Å². The van der Waals surface area contributed by atoms with Crippen molar-refractivity contribution in [2.45, 2.75) is 11.3 Å². The third-order valence-electron chi connectivity index (χ3n) is 3.40. The predicted molar refractivity (Wildman–Crippen MR) is 94.8 cm³/mol. The summed E-state index contributed by atoms with van der Waals surface area (Å²) in [6, 6.07) is 14.2. The second kappa shape index (κ2) is 6.94. The molecule has 3 aromatic rings. The number of nitrogens with zero attached hydrogens (tertiary/aromatic N) is 2. The number of rotatable bonds is 5. The number of carbonyl (C=O) groups is 1. The Labute approximate surface area is 138 Å². The van der Waals surface area contributed by atoms with Gasteiger partial charge >= 0.3 is 0 Å². The number of benzene rings is 2. The zero-order valence-electron chi connectivity index (χ0n) is 12.2. The van der Waals surface area contributed by atoms with Crippen LogP contribution in [0.5, 0.6) is 0 Å². The first kappa shape index (κ1) is 15.1. The quantitative estimate of drug-likeness (QED) is 0.649. The van der Waals surface area contributed by atoms with Crippen molar-refractivity contribution < 1.29 is 4.79 Å². The van der Waals surface area contributed by atoms with Gasteiger partial charge in [-0.05, 0) is 18.4 Å². The van der Waals surface area contributed by atoms with E-state index in [4.69, 9.17) is 0 Å². The van der Waals surface area contributed by atoms with Gasteiger partial charge in [0.25, 0.3) is 0 Å². The SMILES string of the molecule is CCN(C(=O)CSc1nccs1)c1cccc2ccccc12. The van der Waals surface area contributed by atoms with Gasteiger partial charge < -0.3 is 4.90 Å². The lowest BCUT2D eigenvalue weighted by Gasteiger charge is -2.22. The van der Waals surface area contributed by atoms with Crippen molar-refractivity contribution in [3.63, 3.8) is 0 Å². The molecule has 3 rings (SSSR count). The number of amides is 1. The lowest BCUT2D eigenvalue weighted by atomic mass is 10.1. The van der Waals surface area contributed by atoms with Crippen LogP contribution in [0.4, 0.5) is 5.69 Å². The molecule has 0 saturated carbocycles. The number of fused-ring (bicyclic) bond motifs is 1. The molecule has 1 heterocycles. The van der Waals surface area contributed by atoms with E-state index < -0.39 is 0 Å². The van der Waals surface area contributed by atoms with E-state index in [1.165, 1.54) is 11.8 Å². The normalized spacial score (nSPS) is 10.8. The molecule has 0 aliphatic rings. The van der Waals surface area contributed by atoms with Gasteiger partial charge in [0, 0.05) is 23.5 Å². The van der Waals surface area contributed by atoms with Crippen molar-refractivity contribution in [3.05, 3.63) is 54.0 Å². The van der Waals surface area contributed by atoms with Crippen LogP contribution in [0.1, 0.15) is 6.92 Å². The number of thiazole rings is 1. The first-order valence-corrected chi connectivity index (χ1v) is 8.96. The molecule has 0 radical (unpaired) electrons. The number of hydrogen-bond acceptors (Lipinski definition) is 4. The van der Waals surface area contributed by atoms with Crippen LogP contribution < -0.4 is 4.90 Å². The van der Waals surface area contributed by atoms with Crippen molar-refractivity contribution in [3.8, 4) is 0 Å². The second-order valence-corrected chi connectivity index (χ2v) is 6.84. The molecule has 0 aliphatic carbocycles. The molecular weight excluding hydrogens is 312 g/mol. The van der Waals surface area contributed by atoms with E-state index in [1.54, 1.807) is 17.5 Å². The summed E-state index contributed by atoms with van der Waals surface area (Å²) in [5.41, 5.74) is 0.977. The summed E-state index contributed by atoms with van der Waals surface area (Å²) >= 11 is 3.06. The van der Waals surface area contributed by atoms with E-state index in [0.29, 0.717) is 12.3 Å². The molecule has 0 N–H and O–H groups in total. The van der Waals surface area contributed by atoms with Crippen molar-refractivity contribution in [1.29, 1.82) is 0 Å². The van der Waals surface area contributed by atoms with E-state index >= 15 is 0 Å². The molecule has 22 heavy (non-hydrogen) atoms. The zero-order valence-corrected chi connectivity index (χ0v) is 13.9. The minimum absolute atomic E-state index is 0.110. The largest absolute Gasteiger partial charge is 0.311 e. The Morgan fingerprint density at radius 1 is 1.23 bits per heavy atom. The van der Waals surface area contributed by atoms with Gasteiger partial charge in [0.2, 0.25) is 5.91 Å². The molecule has 112 valence electrons. The van der Waals surface area contributed by atoms with Crippen LogP contribution in [0.15, 0.2) is 58.4 Å². The summed E-state index contributed by atoms with van der Waals surface area (Å²) in [6.07, 6.45) is 1.76. The molecule has 1 aromatic heterocycles. The topological polar surface area (TPSA) is 33.2 Å². The van der Waals surface area contributed by atoms with Gasteiger partial charge in [-0.25, -0.2) is 4.98 Å². The molecule has 0 fully saturated rings. The second-order valence-electron chi connectivity index (χ2n) is 4.72. The zero-order chi connectivity index (χ0) is 15.4.